The molecule has 25 heavy (non-hydrogen) atoms. The van der Waals surface area contributed by atoms with Gasteiger partial charge in [0, 0.05) is 11.3 Å². The molecule has 1 aromatic carbocycles. The third-order valence-corrected chi connectivity index (χ3v) is 5.11. The summed E-state index contributed by atoms with van der Waals surface area (Å²) in [6.07, 6.45) is 2.23. The van der Waals surface area contributed by atoms with Crippen molar-refractivity contribution in [1.82, 2.24) is 5.01 Å². The van der Waals surface area contributed by atoms with E-state index in [1.165, 1.54) is 0 Å². The summed E-state index contributed by atoms with van der Waals surface area (Å²) in [5.74, 6) is 1.05. The van der Waals surface area contributed by atoms with Gasteiger partial charge in [0.05, 0.1) is 25.0 Å². The number of carbonyl (C=O) groups excluding carboxylic acids is 1. The minimum Gasteiger partial charge on any atom is -0.496 e. The molecule has 126 valence electrons. The zero-order chi connectivity index (χ0) is 17.2. The molecule has 0 saturated carbocycles. The van der Waals surface area contributed by atoms with Gasteiger partial charge in [-0.15, -0.1) is 11.3 Å². The first-order chi connectivity index (χ1) is 12.3. The maximum Gasteiger partial charge on any atom is 0.278 e. The summed E-state index contributed by atoms with van der Waals surface area (Å²) in [5, 5.41) is 8.13. The summed E-state index contributed by atoms with van der Waals surface area (Å²) in [5.41, 5.74) is 1.27. The van der Waals surface area contributed by atoms with Crippen molar-refractivity contribution in [3.63, 3.8) is 0 Å². The number of hydrazone groups is 1. The minimum atomic E-state index is -0.183. The minimum absolute atomic E-state index is 0.141. The fraction of sp³-hybridized carbons (Fsp3) is 0.158. The molecule has 4 rings (SSSR count). The van der Waals surface area contributed by atoms with Crippen LogP contribution in [0.2, 0.25) is 0 Å². The lowest BCUT2D eigenvalue weighted by atomic mass is 10.1. The molecule has 5 nitrogen and oxygen atoms in total. The Morgan fingerprint density at radius 2 is 2.12 bits per heavy atom. The van der Waals surface area contributed by atoms with Crippen molar-refractivity contribution in [2.24, 2.45) is 5.10 Å². The predicted molar refractivity (Wildman–Crippen MR) is 96.1 cm³/mol. The molecule has 1 amide bonds. The molecule has 0 N–H and O–H groups in total. The lowest BCUT2D eigenvalue weighted by molar-refractivity contribution is 0.0710. The topological polar surface area (TPSA) is 55.0 Å². The number of furan rings is 1. The summed E-state index contributed by atoms with van der Waals surface area (Å²) in [6.45, 7) is 0. The molecule has 3 aromatic rings. The van der Waals surface area contributed by atoms with Crippen molar-refractivity contribution in [3.8, 4) is 5.75 Å². The summed E-state index contributed by atoms with van der Waals surface area (Å²) < 4.78 is 10.8. The molecule has 0 radical (unpaired) electrons. The van der Waals surface area contributed by atoms with Crippen LogP contribution in [0.1, 0.15) is 33.5 Å². The molecule has 3 heterocycles. The highest BCUT2D eigenvalue weighted by molar-refractivity contribution is 7.10. The van der Waals surface area contributed by atoms with Crippen LogP contribution < -0.4 is 4.74 Å². The summed E-state index contributed by atoms with van der Waals surface area (Å²) in [7, 11) is 1.56. The molecule has 2 aromatic heterocycles. The largest absolute Gasteiger partial charge is 0.496 e. The van der Waals surface area contributed by atoms with Crippen LogP contribution in [-0.2, 0) is 0 Å². The Kier molecular flexibility index (Phi) is 4.11. The molecule has 0 aliphatic carbocycles. The van der Waals surface area contributed by atoms with Crippen LogP contribution in [-0.4, -0.2) is 23.7 Å². The molecule has 1 aliphatic rings. The Labute approximate surface area is 149 Å². The second kappa shape index (κ2) is 6.57. The number of hydrogen-bond donors (Lipinski definition) is 0. The van der Waals surface area contributed by atoms with Crippen LogP contribution in [0.15, 0.2) is 69.7 Å². The SMILES string of the molecule is COc1ccccc1C(=O)N1N=C(c2ccco2)C[C@@H]1c1cccs1. The highest BCUT2D eigenvalue weighted by Crippen LogP contribution is 2.37. The quantitative estimate of drug-likeness (QED) is 0.702. The van der Waals surface area contributed by atoms with Crippen LogP contribution >= 0.6 is 11.3 Å². The Bertz CT molecular complexity index is 901. The van der Waals surface area contributed by atoms with Gasteiger partial charge in [-0.1, -0.05) is 18.2 Å². The van der Waals surface area contributed by atoms with Gasteiger partial charge in [-0.05, 0) is 35.7 Å². The molecule has 6 heteroatoms. The average molecular weight is 352 g/mol. The van der Waals surface area contributed by atoms with Crippen molar-refractivity contribution < 1.29 is 13.9 Å². The Hall–Kier alpha value is -2.86. The summed E-state index contributed by atoms with van der Waals surface area (Å²) in [4.78, 5) is 14.3. The van der Waals surface area contributed by atoms with E-state index in [0.717, 1.165) is 10.6 Å². The second-order valence-corrected chi connectivity index (χ2v) is 6.59. The van der Waals surface area contributed by atoms with Crippen LogP contribution in [0.25, 0.3) is 0 Å². The van der Waals surface area contributed by atoms with E-state index in [0.29, 0.717) is 23.5 Å². The number of benzene rings is 1. The van der Waals surface area contributed by atoms with E-state index in [1.54, 1.807) is 41.9 Å². The first kappa shape index (κ1) is 15.7. The number of nitrogens with zero attached hydrogens (tertiary/aromatic N) is 2. The third kappa shape index (κ3) is 2.85. The predicted octanol–water partition coefficient (Wildman–Crippen LogP) is 4.34. The number of para-hydroxylation sites is 1. The first-order valence-electron chi connectivity index (χ1n) is 7.89. The molecule has 0 bridgehead atoms. The van der Waals surface area contributed by atoms with Gasteiger partial charge in [0.2, 0.25) is 0 Å². The fourth-order valence-corrected chi connectivity index (χ4v) is 3.75. The fourth-order valence-electron chi connectivity index (χ4n) is 2.94. The Balaban J connectivity index is 1.74. The van der Waals surface area contributed by atoms with E-state index in [-0.39, 0.29) is 11.9 Å². The molecule has 1 aliphatic heterocycles. The molecule has 0 fully saturated rings. The summed E-state index contributed by atoms with van der Waals surface area (Å²) >= 11 is 1.62. The number of amides is 1. The van der Waals surface area contributed by atoms with E-state index in [1.807, 2.05) is 41.8 Å². The monoisotopic (exact) mass is 352 g/mol. The van der Waals surface area contributed by atoms with Gasteiger partial charge >= 0.3 is 0 Å². The zero-order valence-corrected chi connectivity index (χ0v) is 14.4. The number of methoxy groups -OCH3 is 1. The van der Waals surface area contributed by atoms with E-state index in [9.17, 15) is 4.79 Å². The van der Waals surface area contributed by atoms with Crippen molar-refractivity contribution in [2.75, 3.05) is 7.11 Å². The number of ether oxygens (including phenoxy) is 1. The van der Waals surface area contributed by atoms with E-state index < -0.39 is 0 Å². The van der Waals surface area contributed by atoms with E-state index >= 15 is 0 Å². The Morgan fingerprint density at radius 1 is 1.24 bits per heavy atom. The van der Waals surface area contributed by atoms with E-state index in [4.69, 9.17) is 9.15 Å². The van der Waals surface area contributed by atoms with E-state index in [2.05, 4.69) is 5.10 Å². The number of carbonyl (C=O) groups is 1. The Morgan fingerprint density at radius 3 is 2.84 bits per heavy atom. The van der Waals surface area contributed by atoms with Crippen LogP contribution in [0, 0.1) is 0 Å². The smallest absolute Gasteiger partial charge is 0.278 e. The molecular weight excluding hydrogens is 336 g/mol. The maximum absolute atomic E-state index is 13.2. The molecule has 1 atom stereocenters. The van der Waals surface area contributed by atoms with Gasteiger partial charge in [-0.3, -0.25) is 4.79 Å². The van der Waals surface area contributed by atoms with Gasteiger partial charge in [0.25, 0.3) is 5.91 Å². The molecule has 0 unspecified atom stereocenters. The molecule has 0 saturated heterocycles. The van der Waals surface area contributed by atoms with Crippen molar-refractivity contribution >= 4 is 23.0 Å². The molecule has 0 spiro atoms. The number of hydrogen-bond acceptors (Lipinski definition) is 5. The summed E-state index contributed by atoms with van der Waals surface area (Å²) in [6, 6.07) is 14.8. The highest BCUT2D eigenvalue weighted by Gasteiger charge is 2.35. The third-order valence-electron chi connectivity index (χ3n) is 4.13. The normalized spacial score (nSPS) is 16.8. The lowest BCUT2D eigenvalue weighted by Gasteiger charge is -2.21. The zero-order valence-electron chi connectivity index (χ0n) is 13.6. The van der Waals surface area contributed by atoms with Gasteiger partial charge < -0.3 is 9.15 Å². The van der Waals surface area contributed by atoms with Crippen LogP contribution in [0.3, 0.4) is 0 Å². The van der Waals surface area contributed by atoms with Crippen LogP contribution in [0.4, 0.5) is 0 Å². The van der Waals surface area contributed by atoms with Crippen molar-refractivity contribution in [3.05, 3.63) is 76.4 Å². The van der Waals surface area contributed by atoms with Crippen LogP contribution in [0.5, 0.6) is 5.75 Å². The van der Waals surface area contributed by atoms with Crippen molar-refractivity contribution in [2.45, 2.75) is 12.5 Å². The molecular formula is C19H16N2O3S. The standard InChI is InChI=1S/C19H16N2O3S/c1-23-16-7-3-2-6-13(16)19(22)21-15(18-9-5-11-25-18)12-14(20-21)17-8-4-10-24-17/h2-11,15H,12H2,1H3/t15-/m1/s1. The number of thiophene rings is 1. The van der Waals surface area contributed by atoms with Gasteiger partial charge in [-0.25, -0.2) is 5.01 Å². The van der Waals surface area contributed by atoms with Gasteiger partial charge in [0.1, 0.15) is 17.2 Å². The van der Waals surface area contributed by atoms with Gasteiger partial charge in [-0.2, -0.15) is 5.10 Å². The average Bonchev–Trinajstić information content (AvgIpc) is 3.41. The maximum atomic E-state index is 13.2. The number of rotatable bonds is 4. The van der Waals surface area contributed by atoms with Gasteiger partial charge in [0.15, 0.2) is 0 Å². The highest BCUT2D eigenvalue weighted by atomic mass is 32.1. The first-order valence-corrected chi connectivity index (χ1v) is 8.77. The second-order valence-electron chi connectivity index (χ2n) is 5.61. The lowest BCUT2D eigenvalue weighted by Crippen LogP contribution is -2.27. The van der Waals surface area contributed by atoms with Crippen molar-refractivity contribution in [1.29, 1.82) is 0 Å².